The van der Waals surface area contributed by atoms with Crippen LogP contribution in [0, 0.1) is 0 Å². The highest BCUT2D eigenvalue weighted by Crippen LogP contribution is 2.27. The molecule has 1 heterocycles. The van der Waals surface area contributed by atoms with Crippen LogP contribution in [0.15, 0.2) is 24.3 Å². The van der Waals surface area contributed by atoms with E-state index in [1.807, 2.05) is 19.1 Å². The summed E-state index contributed by atoms with van der Waals surface area (Å²) in [7, 11) is 0. The SMILES string of the molecule is CCOC(=O)C(=O)c1cc2c(Cl)cccc2n1CC. The first-order valence-electron chi connectivity index (χ1n) is 6.09. The first-order chi connectivity index (χ1) is 9.10. The smallest absolute Gasteiger partial charge is 0.381 e. The predicted octanol–water partition coefficient (Wildman–Crippen LogP) is 3.06. The molecular formula is C14H14ClNO3. The topological polar surface area (TPSA) is 48.3 Å². The molecule has 0 aliphatic rings. The van der Waals surface area contributed by atoms with E-state index in [0.717, 1.165) is 10.9 Å². The Morgan fingerprint density at radius 2 is 2.05 bits per heavy atom. The summed E-state index contributed by atoms with van der Waals surface area (Å²) in [5, 5.41) is 1.32. The van der Waals surface area contributed by atoms with Gasteiger partial charge in [-0.2, -0.15) is 0 Å². The molecule has 2 aromatic rings. The summed E-state index contributed by atoms with van der Waals surface area (Å²) in [6.07, 6.45) is 0. The number of ether oxygens (including phenoxy) is 1. The van der Waals surface area contributed by atoms with Crippen molar-refractivity contribution < 1.29 is 14.3 Å². The second-order valence-corrected chi connectivity index (χ2v) is 4.40. The number of halogens is 1. The Labute approximate surface area is 115 Å². The van der Waals surface area contributed by atoms with Crippen molar-refractivity contribution in [1.82, 2.24) is 4.57 Å². The Balaban J connectivity index is 2.57. The number of ketones is 1. The Bertz CT molecular complexity index is 645. The molecule has 0 unspecified atom stereocenters. The first-order valence-corrected chi connectivity index (χ1v) is 6.47. The number of Topliss-reactive ketones (excluding diaryl/α,β-unsaturated/α-hetero) is 1. The molecule has 0 amide bonds. The van der Waals surface area contributed by atoms with E-state index in [0.29, 0.717) is 17.3 Å². The maximum absolute atomic E-state index is 12.1. The molecule has 0 saturated carbocycles. The van der Waals surface area contributed by atoms with Gasteiger partial charge in [-0.3, -0.25) is 4.79 Å². The lowest BCUT2D eigenvalue weighted by Crippen LogP contribution is -2.20. The first kappa shape index (κ1) is 13.6. The highest BCUT2D eigenvalue weighted by molar-refractivity contribution is 6.41. The second-order valence-electron chi connectivity index (χ2n) is 4.00. The molecule has 100 valence electrons. The number of carbonyl (C=O) groups is 2. The van der Waals surface area contributed by atoms with Gasteiger partial charge < -0.3 is 9.30 Å². The summed E-state index contributed by atoms with van der Waals surface area (Å²) >= 11 is 6.10. The highest BCUT2D eigenvalue weighted by Gasteiger charge is 2.23. The lowest BCUT2D eigenvalue weighted by atomic mass is 10.2. The Morgan fingerprint density at radius 3 is 2.68 bits per heavy atom. The van der Waals surface area contributed by atoms with Crippen LogP contribution < -0.4 is 0 Å². The summed E-state index contributed by atoms with van der Waals surface area (Å²) in [5.41, 5.74) is 1.15. The molecule has 0 atom stereocenters. The van der Waals surface area contributed by atoms with Crippen LogP contribution in [0.5, 0.6) is 0 Å². The van der Waals surface area contributed by atoms with Gasteiger partial charge in [-0.15, -0.1) is 0 Å². The molecule has 0 radical (unpaired) electrons. The third kappa shape index (κ3) is 2.36. The van der Waals surface area contributed by atoms with Gasteiger partial charge in [-0.1, -0.05) is 17.7 Å². The van der Waals surface area contributed by atoms with Crippen LogP contribution in [0.25, 0.3) is 10.9 Å². The van der Waals surface area contributed by atoms with Gasteiger partial charge in [0.15, 0.2) is 0 Å². The number of fused-ring (bicyclic) bond motifs is 1. The normalized spacial score (nSPS) is 10.7. The summed E-state index contributed by atoms with van der Waals surface area (Å²) < 4.78 is 6.51. The lowest BCUT2D eigenvalue weighted by Gasteiger charge is -2.06. The summed E-state index contributed by atoms with van der Waals surface area (Å²) in [4.78, 5) is 23.6. The van der Waals surface area contributed by atoms with Crippen molar-refractivity contribution >= 4 is 34.3 Å². The minimum atomic E-state index is -0.837. The van der Waals surface area contributed by atoms with Crippen LogP contribution in [0.1, 0.15) is 24.3 Å². The molecule has 0 saturated heterocycles. The van der Waals surface area contributed by atoms with E-state index in [-0.39, 0.29) is 6.61 Å². The number of hydrogen-bond acceptors (Lipinski definition) is 3. The predicted molar refractivity (Wildman–Crippen MR) is 73.6 cm³/mol. The number of carbonyl (C=O) groups excluding carboxylic acids is 2. The van der Waals surface area contributed by atoms with Crippen LogP contribution in [0.3, 0.4) is 0 Å². The number of esters is 1. The zero-order chi connectivity index (χ0) is 14.0. The highest BCUT2D eigenvalue weighted by atomic mass is 35.5. The van der Waals surface area contributed by atoms with Crippen molar-refractivity contribution in [3.63, 3.8) is 0 Å². The van der Waals surface area contributed by atoms with E-state index >= 15 is 0 Å². The zero-order valence-electron chi connectivity index (χ0n) is 10.8. The number of nitrogens with zero attached hydrogens (tertiary/aromatic N) is 1. The van der Waals surface area contributed by atoms with Crippen LogP contribution in [0.2, 0.25) is 5.02 Å². The van der Waals surface area contributed by atoms with E-state index in [9.17, 15) is 9.59 Å². The maximum atomic E-state index is 12.1. The number of rotatable bonds is 4. The molecule has 0 fully saturated rings. The molecule has 0 spiro atoms. The minimum Gasteiger partial charge on any atom is -0.460 e. The fourth-order valence-electron chi connectivity index (χ4n) is 2.08. The number of aromatic nitrogens is 1. The third-order valence-corrected chi connectivity index (χ3v) is 3.23. The summed E-state index contributed by atoms with van der Waals surface area (Å²) in [6.45, 7) is 4.32. The largest absolute Gasteiger partial charge is 0.460 e. The van der Waals surface area contributed by atoms with Gasteiger partial charge in [0.2, 0.25) is 0 Å². The van der Waals surface area contributed by atoms with E-state index in [2.05, 4.69) is 0 Å². The van der Waals surface area contributed by atoms with Crippen molar-refractivity contribution in [2.75, 3.05) is 6.61 Å². The van der Waals surface area contributed by atoms with Gasteiger partial charge in [0.25, 0.3) is 5.78 Å². The van der Waals surface area contributed by atoms with Crippen molar-refractivity contribution in [2.45, 2.75) is 20.4 Å². The van der Waals surface area contributed by atoms with Gasteiger partial charge >= 0.3 is 5.97 Å². The molecule has 4 nitrogen and oxygen atoms in total. The molecule has 0 aliphatic carbocycles. The molecule has 2 rings (SSSR count). The second kappa shape index (κ2) is 5.45. The Hall–Kier alpha value is -1.81. The standard InChI is InChI=1S/C14H14ClNO3/c1-3-16-11-7-5-6-10(15)9(11)8-12(16)13(17)14(18)19-4-2/h5-8H,3-4H2,1-2H3. The van der Waals surface area contributed by atoms with Crippen molar-refractivity contribution in [3.05, 3.63) is 35.0 Å². The van der Waals surface area contributed by atoms with Crippen molar-refractivity contribution in [2.24, 2.45) is 0 Å². The van der Waals surface area contributed by atoms with E-state index in [4.69, 9.17) is 16.3 Å². The summed E-state index contributed by atoms with van der Waals surface area (Å²) in [6, 6.07) is 7.07. The average molecular weight is 280 g/mol. The lowest BCUT2D eigenvalue weighted by molar-refractivity contribution is -0.137. The number of benzene rings is 1. The Kier molecular flexibility index (Phi) is 3.90. The molecular weight excluding hydrogens is 266 g/mol. The van der Waals surface area contributed by atoms with Gasteiger partial charge in [-0.05, 0) is 32.0 Å². The van der Waals surface area contributed by atoms with Gasteiger partial charge in [-0.25, -0.2) is 4.79 Å². The minimum absolute atomic E-state index is 0.178. The fourth-order valence-corrected chi connectivity index (χ4v) is 2.30. The van der Waals surface area contributed by atoms with E-state index in [1.165, 1.54) is 0 Å². The van der Waals surface area contributed by atoms with Crippen LogP contribution >= 0.6 is 11.6 Å². The molecule has 0 aliphatic heterocycles. The molecule has 0 bridgehead atoms. The summed E-state index contributed by atoms with van der Waals surface area (Å²) in [5.74, 6) is -1.48. The number of hydrogen-bond donors (Lipinski definition) is 0. The fraction of sp³-hybridized carbons (Fsp3) is 0.286. The Morgan fingerprint density at radius 1 is 1.32 bits per heavy atom. The van der Waals surface area contributed by atoms with Gasteiger partial charge in [0.05, 0.1) is 17.8 Å². The van der Waals surface area contributed by atoms with Crippen molar-refractivity contribution in [1.29, 1.82) is 0 Å². The van der Waals surface area contributed by atoms with E-state index in [1.54, 1.807) is 23.6 Å². The quantitative estimate of drug-likeness (QED) is 0.491. The van der Waals surface area contributed by atoms with Gasteiger partial charge in [0.1, 0.15) is 0 Å². The molecule has 5 heteroatoms. The molecule has 0 N–H and O–H groups in total. The monoisotopic (exact) mass is 279 g/mol. The maximum Gasteiger partial charge on any atom is 0.381 e. The molecule has 19 heavy (non-hydrogen) atoms. The van der Waals surface area contributed by atoms with Crippen LogP contribution in [-0.4, -0.2) is 22.9 Å². The zero-order valence-corrected chi connectivity index (χ0v) is 11.5. The van der Waals surface area contributed by atoms with E-state index < -0.39 is 11.8 Å². The molecule has 1 aromatic carbocycles. The van der Waals surface area contributed by atoms with Crippen molar-refractivity contribution in [3.8, 4) is 0 Å². The average Bonchev–Trinajstić information content (AvgIpc) is 2.78. The van der Waals surface area contributed by atoms with Crippen LogP contribution in [0.4, 0.5) is 0 Å². The van der Waals surface area contributed by atoms with Gasteiger partial charge in [0, 0.05) is 17.0 Å². The van der Waals surface area contributed by atoms with Crippen LogP contribution in [-0.2, 0) is 16.1 Å². The third-order valence-electron chi connectivity index (χ3n) is 2.90. The molecule has 1 aromatic heterocycles. The number of aryl methyl sites for hydroxylation is 1.